The molecule has 0 unspecified atom stereocenters. The normalized spacial score (nSPS) is 15.4. The third-order valence-electron chi connectivity index (χ3n) is 11.5. The molecule has 0 aliphatic carbocycles. The van der Waals surface area contributed by atoms with Crippen LogP contribution in [0.3, 0.4) is 0 Å². The summed E-state index contributed by atoms with van der Waals surface area (Å²) in [7, 11) is 0. The summed E-state index contributed by atoms with van der Waals surface area (Å²) in [4.78, 5) is 140. The van der Waals surface area contributed by atoms with Crippen LogP contribution in [0.2, 0.25) is 0 Å². The predicted molar refractivity (Wildman–Crippen MR) is 284 cm³/mol. The number of hydrogen-bond donors (Lipinski definition) is 19. The van der Waals surface area contributed by atoms with Gasteiger partial charge in [0, 0.05) is 18.8 Å². The fourth-order valence-electron chi connectivity index (χ4n) is 6.91. The van der Waals surface area contributed by atoms with Crippen molar-refractivity contribution in [1.82, 2.24) is 47.9 Å². The number of carbonyl (C=O) groups excluding carboxylic acids is 9. The summed E-state index contributed by atoms with van der Waals surface area (Å²) in [6, 6.07) is -12.2. The van der Waals surface area contributed by atoms with E-state index in [0.29, 0.717) is 19.3 Å². The third kappa shape index (κ3) is 27.8. The van der Waals surface area contributed by atoms with Gasteiger partial charge in [0.15, 0.2) is 18.0 Å². The smallest absolute Gasteiger partial charge is 0.328 e. The van der Waals surface area contributed by atoms with Crippen molar-refractivity contribution in [3.05, 3.63) is 0 Å². The minimum atomic E-state index is -1.72. The van der Waals surface area contributed by atoms with E-state index >= 15 is 0 Å². The standard InChI is InChI=1S/C45H85N17O13S/c1-7-23(4)33(42(73)54-19-32(65)56-27(13-10-16-52-44(48)49)38(69)62-34(25(6)64)43(74)75)61-39(70)28(12-8-9-15-46)57-37(68)29(14-11-17-53-45(50)51)58-41(72)31(20-63)60-40(71)30(18-22(2)3)59-35(66)24(5)55-36(67)26(47)21-76/h22-31,33-34,63-64,76H,7-21,46-47H2,1-6H3,(H,54,73)(H,55,67)(H,56,65)(H,57,68)(H,58,72)(H,59,66)(H,60,71)(H,61,70)(H,62,69)(H,74,75)(H4,48,49,52)(H4,50,51,53)/t23-,24-,25+,26-,27-,28-,29-,30-,31-,33-,34-/m0/s1. The molecule has 0 heterocycles. The van der Waals surface area contributed by atoms with Gasteiger partial charge >= 0.3 is 5.97 Å². The molecule has 76 heavy (non-hydrogen) atoms. The fourth-order valence-corrected chi connectivity index (χ4v) is 7.07. The first-order chi connectivity index (χ1) is 35.6. The molecule has 0 fully saturated rings. The molecular weight excluding hydrogens is 1020 g/mol. The number of nitrogens with one attached hydrogen (secondary N) is 9. The van der Waals surface area contributed by atoms with Crippen molar-refractivity contribution in [1.29, 1.82) is 0 Å². The molecule has 0 aliphatic rings. The lowest BCUT2D eigenvalue weighted by Crippen LogP contribution is -2.61. The van der Waals surface area contributed by atoms with Crippen molar-refractivity contribution >= 4 is 83.7 Å². The van der Waals surface area contributed by atoms with Crippen molar-refractivity contribution in [3.8, 4) is 0 Å². The Labute approximate surface area is 448 Å². The van der Waals surface area contributed by atoms with Crippen LogP contribution in [-0.2, 0) is 47.9 Å². The molecule has 0 aromatic heterocycles. The Balaban J connectivity index is 6.52. The molecular formula is C45H85N17O13S. The Kier molecular flexibility index (Phi) is 34.0. The van der Waals surface area contributed by atoms with E-state index in [9.17, 15) is 63.3 Å². The number of aliphatic carboxylic acids is 1. The molecule has 9 amide bonds. The summed E-state index contributed by atoms with van der Waals surface area (Å²) in [6.07, 6.45) is -0.358. The van der Waals surface area contributed by atoms with Gasteiger partial charge in [-0.15, -0.1) is 0 Å². The molecule has 0 spiro atoms. The second-order valence-electron chi connectivity index (χ2n) is 18.5. The lowest BCUT2D eigenvalue weighted by molar-refractivity contribution is -0.145. The molecule has 0 bridgehead atoms. The molecule has 0 aliphatic heterocycles. The Morgan fingerprint density at radius 3 is 1.46 bits per heavy atom. The number of thiol groups is 1. The minimum absolute atomic E-state index is 0.00375. The van der Waals surface area contributed by atoms with Crippen LogP contribution in [0.25, 0.3) is 0 Å². The summed E-state index contributed by atoms with van der Waals surface area (Å²) in [6.45, 7) is 8.02. The summed E-state index contributed by atoms with van der Waals surface area (Å²) >= 11 is 3.98. The van der Waals surface area contributed by atoms with Crippen molar-refractivity contribution in [2.45, 2.75) is 160 Å². The maximum Gasteiger partial charge on any atom is 0.328 e. The van der Waals surface area contributed by atoms with E-state index < -0.39 is 139 Å². The van der Waals surface area contributed by atoms with Gasteiger partial charge in [0.05, 0.1) is 25.3 Å². The lowest BCUT2D eigenvalue weighted by Gasteiger charge is -2.28. The number of unbranched alkanes of at least 4 members (excludes halogenated alkanes) is 1. The zero-order valence-electron chi connectivity index (χ0n) is 44.3. The van der Waals surface area contributed by atoms with Crippen molar-refractivity contribution in [3.63, 3.8) is 0 Å². The van der Waals surface area contributed by atoms with Crippen LogP contribution >= 0.6 is 12.6 Å². The van der Waals surface area contributed by atoms with Crippen molar-refractivity contribution in [2.75, 3.05) is 38.5 Å². The van der Waals surface area contributed by atoms with Gasteiger partial charge in [-0.3, -0.25) is 53.1 Å². The number of carboxylic acids is 1. The van der Waals surface area contributed by atoms with E-state index in [4.69, 9.17) is 34.4 Å². The van der Waals surface area contributed by atoms with E-state index in [1.165, 1.54) is 6.92 Å². The van der Waals surface area contributed by atoms with Crippen LogP contribution in [0.15, 0.2) is 9.98 Å². The summed E-state index contributed by atoms with van der Waals surface area (Å²) in [5.74, 6) is -10.5. The van der Waals surface area contributed by atoms with Crippen LogP contribution < -0.4 is 82.3 Å². The number of aliphatic hydroxyl groups is 2. The lowest BCUT2D eigenvalue weighted by atomic mass is 9.97. The van der Waals surface area contributed by atoms with Gasteiger partial charge in [-0.2, -0.15) is 12.6 Å². The first-order valence-corrected chi connectivity index (χ1v) is 25.7. The molecule has 0 saturated carbocycles. The van der Waals surface area contributed by atoms with Crippen LogP contribution in [0.5, 0.6) is 0 Å². The average molecular weight is 1100 g/mol. The second kappa shape index (κ2) is 37.2. The number of aliphatic hydroxyl groups excluding tert-OH is 2. The van der Waals surface area contributed by atoms with Crippen LogP contribution in [0.1, 0.15) is 99.3 Å². The van der Waals surface area contributed by atoms with Gasteiger partial charge in [0.25, 0.3) is 0 Å². The van der Waals surface area contributed by atoms with Gasteiger partial charge in [0.2, 0.25) is 53.2 Å². The maximum absolute atomic E-state index is 14.1. The Morgan fingerprint density at radius 2 is 1.01 bits per heavy atom. The van der Waals surface area contributed by atoms with Gasteiger partial charge in [-0.25, -0.2) is 4.79 Å². The van der Waals surface area contributed by atoms with Crippen LogP contribution in [-0.4, -0.2) is 185 Å². The largest absolute Gasteiger partial charge is 0.480 e. The number of nitrogens with two attached hydrogens (primary N) is 6. The monoisotopic (exact) mass is 1100 g/mol. The minimum Gasteiger partial charge on any atom is -0.480 e. The molecule has 0 radical (unpaired) electrons. The topological polar surface area (TPSA) is 520 Å². The third-order valence-corrected chi connectivity index (χ3v) is 11.9. The van der Waals surface area contributed by atoms with Crippen LogP contribution in [0.4, 0.5) is 0 Å². The summed E-state index contributed by atoms with van der Waals surface area (Å²) in [5, 5.41) is 51.8. The fraction of sp³-hybridized carbons (Fsp3) is 0.733. The molecule has 0 aromatic carbocycles. The quantitative estimate of drug-likeness (QED) is 0.0118. The maximum atomic E-state index is 14.1. The highest BCUT2D eigenvalue weighted by molar-refractivity contribution is 7.80. The second-order valence-corrected chi connectivity index (χ2v) is 18.9. The molecule has 30 nitrogen and oxygen atoms in total. The predicted octanol–water partition coefficient (Wildman–Crippen LogP) is -6.96. The zero-order valence-corrected chi connectivity index (χ0v) is 45.2. The molecule has 31 heteroatoms. The molecule has 0 rings (SSSR count). The van der Waals surface area contributed by atoms with E-state index in [-0.39, 0.29) is 81.7 Å². The highest BCUT2D eigenvalue weighted by atomic mass is 32.1. The number of guanidine groups is 2. The Bertz CT molecular complexity index is 1970. The number of amides is 9. The molecule has 24 N–H and O–H groups in total. The van der Waals surface area contributed by atoms with E-state index in [2.05, 4.69) is 70.5 Å². The number of hydrogen-bond acceptors (Lipinski definition) is 17. The summed E-state index contributed by atoms with van der Waals surface area (Å²) < 4.78 is 0. The van der Waals surface area contributed by atoms with E-state index in [0.717, 1.165) is 6.92 Å². The first kappa shape index (κ1) is 69.4. The Morgan fingerprint density at radius 1 is 0.566 bits per heavy atom. The van der Waals surface area contributed by atoms with Crippen molar-refractivity contribution < 1.29 is 63.3 Å². The summed E-state index contributed by atoms with van der Waals surface area (Å²) in [5.41, 5.74) is 33.1. The zero-order chi connectivity index (χ0) is 58.2. The van der Waals surface area contributed by atoms with Gasteiger partial charge in [0.1, 0.15) is 42.3 Å². The molecule has 0 saturated heterocycles. The molecule has 11 atom stereocenters. The number of aliphatic imine (C=N–C) groups is 2. The number of carboxylic acid groups (broad SMARTS) is 1. The Hall–Kier alpha value is -6.57. The van der Waals surface area contributed by atoms with Gasteiger partial charge < -0.3 is 97.6 Å². The van der Waals surface area contributed by atoms with Gasteiger partial charge in [-0.05, 0) is 83.6 Å². The average Bonchev–Trinajstić information content (AvgIpc) is 3.35. The van der Waals surface area contributed by atoms with Crippen molar-refractivity contribution in [2.24, 2.45) is 56.2 Å². The van der Waals surface area contributed by atoms with Gasteiger partial charge in [-0.1, -0.05) is 34.1 Å². The SMILES string of the molecule is CC[C@H](C)[C@H](NC(=O)[C@H](CCCCN)NC(=O)[C@H](CCCN=C(N)N)NC(=O)[C@H](CO)NC(=O)[C@H](CC(C)C)NC(=O)[C@H](C)NC(=O)[C@@H](N)CS)C(=O)NCC(=O)N[C@@H](CCCN=C(N)N)C(=O)N[C@H](C(=O)O)[C@@H](C)O. The van der Waals surface area contributed by atoms with Crippen LogP contribution in [0, 0.1) is 11.8 Å². The molecule has 434 valence electrons. The van der Waals surface area contributed by atoms with E-state index in [1.807, 2.05) is 0 Å². The number of rotatable bonds is 38. The first-order valence-electron chi connectivity index (χ1n) is 25.0. The number of nitrogens with zero attached hydrogens (tertiary/aromatic N) is 2. The van der Waals surface area contributed by atoms with E-state index in [1.54, 1.807) is 27.7 Å². The highest BCUT2D eigenvalue weighted by Crippen LogP contribution is 2.12. The number of carbonyl (C=O) groups is 10. The highest BCUT2D eigenvalue weighted by Gasteiger charge is 2.35. The molecule has 0 aromatic rings.